The zero-order valence-electron chi connectivity index (χ0n) is 15.3. The van der Waals surface area contributed by atoms with E-state index in [0.29, 0.717) is 18.7 Å². The molecular formula is C20H29N3O2. The summed E-state index contributed by atoms with van der Waals surface area (Å²) in [5, 5.41) is 5.77. The number of hydrogen-bond donors (Lipinski definition) is 2. The summed E-state index contributed by atoms with van der Waals surface area (Å²) in [6.45, 7) is 1.12. The van der Waals surface area contributed by atoms with Crippen LogP contribution in [0.1, 0.15) is 54.4 Å². The maximum absolute atomic E-state index is 11.9. The number of carbonyl (C=O) groups excluding carboxylic acids is 2. The highest BCUT2D eigenvalue weighted by atomic mass is 16.2. The Kier molecular flexibility index (Phi) is 7.51. The van der Waals surface area contributed by atoms with Crippen molar-refractivity contribution in [3.63, 3.8) is 0 Å². The number of amides is 3. The summed E-state index contributed by atoms with van der Waals surface area (Å²) in [5.74, 6) is -0.0231. The van der Waals surface area contributed by atoms with E-state index in [9.17, 15) is 9.59 Å². The molecule has 0 atom stereocenters. The van der Waals surface area contributed by atoms with Crippen LogP contribution in [0.3, 0.4) is 0 Å². The van der Waals surface area contributed by atoms with Crippen LogP contribution < -0.4 is 10.6 Å². The monoisotopic (exact) mass is 343 g/mol. The van der Waals surface area contributed by atoms with Crippen molar-refractivity contribution in [3.05, 3.63) is 47.0 Å². The summed E-state index contributed by atoms with van der Waals surface area (Å²) in [4.78, 5) is 25.3. The average molecular weight is 343 g/mol. The van der Waals surface area contributed by atoms with Gasteiger partial charge in [0.25, 0.3) is 5.91 Å². The van der Waals surface area contributed by atoms with E-state index in [1.54, 1.807) is 31.1 Å². The van der Waals surface area contributed by atoms with E-state index in [-0.39, 0.29) is 11.9 Å². The van der Waals surface area contributed by atoms with Crippen molar-refractivity contribution >= 4 is 11.9 Å². The average Bonchev–Trinajstić information content (AvgIpc) is 2.88. The normalized spacial score (nSPS) is 14.2. The van der Waals surface area contributed by atoms with Crippen molar-refractivity contribution in [1.29, 1.82) is 0 Å². The number of carbonyl (C=O) groups is 2. The number of benzene rings is 1. The molecule has 0 unspecified atom stereocenters. The van der Waals surface area contributed by atoms with Crippen LogP contribution in [0.5, 0.6) is 0 Å². The van der Waals surface area contributed by atoms with Gasteiger partial charge in [-0.25, -0.2) is 4.79 Å². The number of hydrogen-bond acceptors (Lipinski definition) is 2. The molecule has 25 heavy (non-hydrogen) atoms. The quantitative estimate of drug-likeness (QED) is 0.777. The highest BCUT2D eigenvalue weighted by Gasteiger charge is 2.08. The largest absolute Gasteiger partial charge is 0.345 e. The van der Waals surface area contributed by atoms with E-state index in [1.165, 1.54) is 37.7 Å². The van der Waals surface area contributed by atoms with E-state index in [4.69, 9.17) is 0 Å². The van der Waals surface area contributed by atoms with Gasteiger partial charge in [0, 0.05) is 32.7 Å². The van der Waals surface area contributed by atoms with Crippen LogP contribution in [-0.4, -0.2) is 37.5 Å². The number of allylic oxidation sites excluding steroid dienone is 1. The molecule has 2 rings (SSSR count). The van der Waals surface area contributed by atoms with E-state index >= 15 is 0 Å². The van der Waals surface area contributed by atoms with Crippen molar-refractivity contribution in [2.75, 3.05) is 20.6 Å². The lowest BCUT2D eigenvalue weighted by molar-refractivity contribution is 0.0827. The molecule has 0 saturated carbocycles. The molecule has 0 radical (unpaired) electrons. The van der Waals surface area contributed by atoms with E-state index in [0.717, 1.165) is 12.0 Å². The van der Waals surface area contributed by atoms with Gasteiger partial charge in [-0.05, 0) is 49.8 Å². The van der Waals surface area contributed by atoms with E-state index < -0.39 is 0 Å². The summed E-state index contributed by atoms with van der Waals surface area (Å²) in [6, 6.07) is 7.16. The number of nitrogens with one attached hydrogen (secondary N) is 2. The number of nitrogens with zero attached hydrogens (tertiary/aromatic N) is 1. The van der Waals surface area contributed by atoms with E-state index in [1.807, 2.05) is 12.1 Å². The van der Waals surface area contributed by atoms with Gasteiger partial charge in [-0.3, -0.25) is 4.79 Å². The molecule has 5 nitrogen and oxygen atoms in total. The SMILES string of the molecule is CN(C)C(=O)c1ccc(CNC(=O)NCCC2=CCCCCC2)cc1. The number of rotatable bonds is 6. The highest BCUT2D eigenvalue weighted by molar-refractivity contribution is 5.93. The van der Waals surface area contributed by atoms with Crippen molar-refractivity contribution in [3.8, 4) is 0 Å². The molecule has 2 N–H and O–H groups in total. The Morgan fingerprint density at radius 3 is 2.52 bits per heavy atom. The Morgan fingerprint density at radius 1 is 1.04 bits per heavy atom. The summed E-state index contributed by atoms with van der Waals surface area (Å²) in [7, 11) is 3.46. The van der Waals surface area contributed by atoms with Gasteiger partial charge >= 0.3 is 6.03 Å². The van der Waals surface area contributed by atoms with Gasteiger partial charge in [0.15, 0.2) is 0 Å². The molecule has 1 aromatic rings. The highest BCUT2D eigenvalue weighted by Crippen LogP contribution is 2.19. The molecule has 0 aliphatic heterocycles. The second-order valence-electron chi connectivity index (χ2n) is 6.72. The smallest absolute Gasteiger partial charge is 0.315 e. The van der Waals surface area contributed by atoms with Crippen LogP contribution >= 0.6 is 0 Å². The van der Waals surface area contributed by atoms with Crippen LogP contribution in [0.15, 0.2) is 35.9 Å². The fourth-order valence-electron chi connectivity index (χ4n) is 2.91. The van der Waals surface area contributed by atoms with Crippen LogP contribution in [0.25, 0.3) is 0 Å². The first-order valence-electron chi connectivity index (χ1n) is 9.06. The van der Waals surface area contributed by atoms with Crippen molar-refractivity contribution < 1.29 is 9.59 Å². The Labute approximate surface area is 150 Å². The Hall–Kier alpha value is -2.30. The van der Waals surface area contributed by atoms with Crippen LogP contribution in [0, 0.1) is 0 Å². The van der Waals surface area contributed by atoms with Gasteiger partial charge < -0.3 is 15.5 Å². The first-order chi connectivity index (χ1) is 12.1. The van der Waals surface area contributed by atoms with Gasteiger partial charge in [-0.1, -0.05) is 30.2 Å². The molecule has 0 spiro atoms. The van der Waals surface area contributed by atoms with Crippen molar-refractivity contribution in [2.45, 2.75) is 45.1 Å². The van der Waals surface area contributed by atoms with E-state index in [2.05, 4.69) is 16.7 Å². The standard InChI is InChI=1S/C20H29N3O2/c1-23(2)19(24)18-11-9-17(10-12-18)15-22-20(25)21-14-13-16-7-5-3-4-6-8-16/h7,9-12H,3-6,8,13-15H2,1-2H3,(H2,21,22,25). The Bertz CT molecular complexity index is 606. The minimum absolute atomic E-state index is 0.0231. The second kappa shape index (κ2) is 9.87. The van der Waals surface area contributed by atoms with Crippen LogP contribution in [0.2, 0.25) is 0 Å². The first-order valence-corrected chi connectivity index (χ1v) is 9.06. The topological polar surface area (TPSA) is 61.4 Å². The molecule has 0 heterocycles. The molecule has 1 aromatic carbocycles. The van der Waals surface area contributed by atoms with Crippen LogP contribution in [-0.2, 0) is 6.54 Å². The third-order valence-corrected chi connectivity index (χ3v) is 4.43. The summed E-state index contributed by atoms with van der Waals surface area (Å²) in [6.07, 6.45) is 9.49. The fourth-order valence-corrected chi connectivity index (χ4v) is 2.91. The van der Waals surface area contributed by atoms with Gasteiger partial charge in [0.1, 0.15) is 0 Å². The molecule has 0 fully saturated rings. The lowest BCUT2D eigenvalue weighted by Crippen LogP contribution is -2.35. The lowest BCUT2D eigenvalue weighted by Gasteiger charge is -2.11. The molecule has 0 bridgehead atoms. The van der Waals surface area contributed by atoms with Crippen molar-refractivity contribution in [2.24, 2.45) is 0 Å². The molecule has 1 aliphatic rings. The maximum atomic E-state index is 11.9. The molecular weight excluding hydrogens is 314 g/mol. The minimum Gasteiger partial charge on any atom is -0.345 e. The summed E-state index contributed by atoms with van der Waals surface area (Å²) >= 11 is 0. The third-order valence-electron chi connectivity index (χ3n) is 4.43. The zero-order valence-corrected chi connectivity index (χ0v) is 15.3. The number of urea groups is 1. The summed E-state index contributed by atoms with van der Waals surface area (Å²) < 4.78 is 0. The zero-order chi connectivity index (χ0) is 18.1. The van der Waals surface area contributed by atoms with Gasteiger partial charge in [-0.2, -0.15) is 0 Å². The molecule has 5 heteroatoms. The maximum Gasteiger partial charge on any atom is 0.315 e. The molecule has 3 amide bonds. The molecule has 1 aliphatic carbocycles. The third kappa shape index (κ3) is 6.61. The summed E-state index contributed by atoms with van der Waals surface area (Å²) in [5.41, 5.74) is 3.09. The Morgan fingerprint density at radius 2 is 1.80 bits per heavy atom. The van der Waals surface area contributed by atoms with Crippen LogP contribution in [0.4, 0.5) is 4.79 Å². The lowest BCUT2D eigenvalue weighted by atomic mass is 10.1. The molecule has 0 saturated heterocycles. The molecule has 136 valence electrons. The fraction of sp³-hybridized carbons (Fsp3) is 0.500. The molecule has 0 aromatic heterocycles. The van der Waals surface area contributed by atoms with Crippen molar-refractivity contribution in [1.82, 2.24) is 15.5 Å². The predicted octanol–water partition coefficient (Wildman–Crippen LogP) is 3.47. The van der Waals surface area contributed by atoms with Gasteiger partial charge in [-0.15, -0.1) is 0 Å². The first kappa shape index (κ1) is 19.0. The van der Waals surface area contributed by atoms with Gasteiger partial charge in [0.05, 0.1) is 0 Å². The van der Waals surface area contributed by atoms with Gasteiger partial charge in [0.2, 0.25) is 0 Å². The Balaban J connectivity index is 1.69. The minimum atomic E-state index is -0.150. The predicted molar refractivity (Wildman–Crippen MR) is 100 cm³/mol. The second-order valence-corrected chi connectivity index (χ2v) is 6.72.